The molecule has 0 atom stereocenters. The van der Waals surface area contributed by atoms with Crippen LogP contribution < -0.4 is 5.73 Å². The third kappa shape index (κ3) is 2.43. The number of nitrogen functional groups attached to an aromatic ring is 1. The Kier molecular flexibility index (Phi) is 4.13. The standard InChI is InChI=1S/C11H16N2O3/c1-2-13(6-7-14)11(16)8-4-3-5-9(12)10(8)15/h3-5,14-15H,2,6-7,12H2,1H3. The van der Waals surface area contributed by atoms with E-state index in [2.05, 4.69) is 0 Å². The van der Waals surface area contributed by atoms with Gasteiger partial charge < -0.3 is 20.8 Å². The zero-order chi connectivity index (χ0) is 12.1. The number of aliphatic hydroxyl groups excluding tert-OH is 1. The van der Waals surface area contributed by atoms with Crippen molar-refractivity contribution in [2.45, 2.75) is 6.92 Å². The Hall–Kier alpha value is -1.75. The molecule has 16 heavy (non-hydrogen) atoms. The van der Waals surface area contributed by atoms with Gasteiger partial charge in [-0.2, -0.15) is 0 Å². The molecule has 0 heterocycles. The summed E-state index contributed by atoms with van der Waals surface area (Å²) in [5.41, 5.74) is 5.84. The fourth-order valence-corrected chi connectivity index (χ4v) is 1.43. The van der Waals surface area contributed by atoms with E-state index in [1.165, 1.54) is 17.0 Å². The van der Waals surface area contributed by atoms with Crippen LogP contribution in [-0.4, -0.2) is 40.7 Å². The smallest absolute Gasteiger partial charge is 0.257 e. The highest BCUT2D eigenvalue weighted by Crippen LogP contribution is 2.25. The van der Waals surface area contributed by atoms with Gasteiger partial charge >= 0.3 is 0 Å². The molecule has 0 unspecified atom stereocenters. The second kappa shape index (κ2) is 5.37. The Morgan fingerprint density at radius 3 is 2.75 bits per heavy atom. The third-order valence-electron chi connectivity index (χ3n) is 2.34. The van der Waals surface area contributed by atoms with Crippen LogP contribution in [0.1, 0.15) is 17.3 Å². The van der Waals surface area contributed by atoms with Gasteiger partial charge in [0.1, 0.15) is 0 Å². The number of hydrogen-bond acceptors (Lipinski definition) is 4. The molecule has 0 radical (unpaired) electrons. The van der Waals surface area contributed by atoms with Gasteiger partial charge in [-0.1, -0.05) is 6.07 Å². The number of aliphatic hydroxyl groups is 1. The lowest BCUT2D eigenvalue weighted by molar-refractivity contribution is 0.0729. The summed E-state index contributed by atoms with van der Waals surface area (Å²) in [6.45, 7) is 2.40. The number of aromatic hydroxyl groups is 1. The first-order valence-electron chi connectivity index (χ1n) is 5.09. The van der Waals surface area contributed by atoms with Crippen molar-refractivity contribution in [1.29, 1.82) is 0 Å². The van der Waals surface area contributed by atoms with Crippen molar-refractivity contribution in [1.82, 2.24) is 4.90 Å². The fourth-order valence-electron chi connectivity index (χ4n) is 1.43. The van der Waals surface area contributed by atoms with E-state index < -0.39 is 0 Å². The maximum Gasteiger partial charge on any atom is 0.257 e. The molecule has 0 aliphatic carbocycles. The molecule has 0 aliphatic heterocycles. The SMILES string of the molecule is CCN(CCO)C(=O)c1cccc(N)c1O. The van der Waals surface area contributed by atoms with Crippen molar-refractivity contribution in [2.24, 2.45) is 0 Å². The molecule has 88 valence electrons. The molecule has 0 fully saturated rings. The minimum atomic E-state index is -0.332. The second-order valence-electron chi connectivity index (χ2n) is 3.35. The molecule has 0 bridgehead atoms. The summed E-state index contributed by atoms with van der Waals surface area (Å²) < 4.78 is 0. The van der Waals surface area contributed by atoms with E-state index in [-0.39, 0.29) is 36.1 Å². The number of nitrogens with two attached hydrogens (primary N) is 1. The van der Waals surface area contributed by atoms with Crippen LogP contribution in [0.3, 0.4) is 0 Å². The highest BCUT2D eigenvalue weighted by molar-refractivity contribution is 5.98. The predicted molar refractivity (Wildman–Crippen MR) is 61.2 cm³/mol. The number of anilines is 1. The molecule has 5 nitrogen and oxygen atoms in total. The van der Waals surface area contributed by atoms with Gasteiger partial charge in [0.05, 0.1) is 17.9 Å². The van der Waals surface area contributed by atoms with Crippen LogP contribution >= 0.6 is 0 Å². The van der Waals surface area contributed by atoms with Crippen molar-refractivity contribution in [3.63, 3.8) is 0 Å². The molecule has 1 aromatic rings. The molecule has 0 saturated carbocycles. The number of phenolic OH excluding ortho intramolecular Hbond substituents is 1. The summed E-state index contributed by atoms with van der Waals surface area (Å²) >= 11 is 0. The quantitative estimate of drug-likeness (QED) is 0.511. The lowest BCUT2D eigenvalue weighted by Crippen LogP contribution is -2.33. The number of amides is 1. The summed E-state index contributed by atoms with van der Waals surface area (Å²) in [6, 6.07) is 4.64. The molecule has 5 heteroatoms. The van der Waals surface area contributed by atoms with Crippen LogP contribution in [0, 0.1) is 0 Å². The van der Waals surface area contributed by atoms with Crippen molar-refractivity contribution < 1.29 is 15.0 Å². The van der Waals surface area contributed by atoms with Crippen molar-refractivity contribution in [3.05, 3.63) is 23.8 Å². The zero-order valence-corrected chi connectivity index (χ0v) is 9.18. The van der Waals surface area contributed by atoms with E-state index in [1.807, 2.05) is 0 Å². The van der Waals surface area contributed by atoms with Crippen LogP contribution in [0.5, 0.6) is 5.75 Å². The highest BCUT2D eigenvalue weighted by Gasteiger charge is 2.18. The van der Waals surface area contributed by atoms with E-state index in [1.54, 1.807) is 13.0 Å². The molecule has 0 saturated heterocycles. The molecule has 1 aromatic carbocycles. The molecule has 0 aromatic heterocycles. The molecule has 1 rings (SSSR count). The van der Waals surface area contributed by atoms with Crippen LogP contribution in [0.2, 0.25) is 0 Å². The average Bonchev–Trinajstić information content (AvgIpc) is 2.29. The summed E-state index contributed by atoms with van der Waals surface area (Å²) in [7, 11) is 0. The van der Waals surface area contributed by atoms with Gasteiger partial charge in [0.15, 0.2) is 5.75 Å². The van der Waals surface area contributed by atoms with Gasteiger partial charge in [0.2, 0.25) is 0 Å². The first-order chi connectivity index (χ1) is 7.61. The second-order valence-corrected chi connectivity index (χ2v) is 3.35. The van der Waals surface area contributed by atoms with Crippen molar-refractivity contribution in [3.8, 4) is 5.75 Å². The van der Waals surface area contributed by atoms with Crippen LogP contribution in [-0.2, 0) is 0 Å². The van der Waals surface area contributed by atoms with Crippen LogP contribution in [0.25, 0.3) is 0 Å². The summed E-state index contributed by atoms with van der Waals surface area (Å²) in [4.78, 5) is 13.4. The Labute approximate surface area is 94.1 Å². The number of nitrogens with zero attached hydrogens (tertiary/aromatic N) is 1. The third-order valence-corrected chi connectivity index (χ3v) is 2.34. The van der Waals surface area contributed by atoms with Gasteiger partial charge in [-0.3, -0.25) is 4.79 Å². The monoisotopic (exact) mass is 224 g/mol. The molecular weight excluding hydrogens is 208 g/mol. The molecule has 4 N–H and O–H groups in total. The Balaban J connectivity index is 2.99. The summed E-state index contributed by atoms with van der Waals surface area (Å²) in [5, 5.41) is 18.5. The van der Waals surface area contributed by atoms with E-state index in [4.69, 9.17) is 10.8 Å². The highest BCUT2D eigenvalue weighted by atomic mass is 16.3. The minimum Gasteiger partial charge on any atom is -0.505 e. The number of rotatable bonds is 4. The normalized spacial score (nSPS) is 10.1. The summed E-state index contributed by atoms with van der Waals surface area (Å²) in [6.07, 6.45) is 0. The van der Waals surface area contributed by atoms with E-state index >= 15 is 0 Å². The van der Waals surface area contributed by atoms with E-state index in [0.29, 0.717) is 6.54 Å². The van der Waals surface area contributed by atoms with Crippen LogP contribution in [0.15, 0.2) is 18.2 Å². The fraction of sp³-hybridized carbons (Fsp3) is 0.364. The molecule has 0 aliphatic rings. The first kappa shape index (κ1) is 12.3. The number of benzene rings is 1. The summed E-state index contributed by atoms with van der Waals surface area (Å²) in [5.74, 6) is -0.537. The molecule has 1 amide bonds. The topological polar surface area (TPSA) is 86.8 Å². The average molecular weight is 224 g/mol. The van der Waals surface area contributed by atoms with Crippen LogP contribution in [0.4, 0.5) is 5.69 Å². The molecular formula is C11H16N2O3. The van der Waals surface area contributed by atoms with Gasteiger partial charge in [-0.15, -0.1) is 0 Å². The van der Waals surface area contributed by atoms with Gasteiger partial charge in [0, 0.05) is 13.1 Å². The Morgan fingerprint density at radius 1 is 1.50 bits per heavy atom. The van der Waals surface area contributed by atoms with Crippen molar-refractivity contribution >= 4 is 11.6 Å². The molecule has 0 spiro atoms. The number of carbonyl (C=O) groups excluding carboxylic acids is 1. The lowest BCUT2D eigenvalue weighted by Gasteiger charge is -2.20. The number of likely N-dealkylation sites (N-methyl/N-ethyl adjacent to an activating group) is 1. The number of carbonyl (C=O) groups is 1. The largest absolute Gasteiger partial charge is 0.505 e. The Morgan fingerprint density at radius 2 is 2.19 bits per heavy atom. The lowest BCUT2D eigenvalue weighted by atomic mass is 10.1. The number of para-hydroxylation sites is 1. The first-order valence-corrected chi connectivity index (χ1v) is 5.09. The van der Waals surface area contributed by atoms with Gasteiger partial charge in [-0.05, 0) is 19.1 Å². The van der Waals surface area contributed by atoms with Crippen molar-refractivity contribution in [2.75, 3.05) is 25.4 Å². The predicted octanol–water partition coefficient (Wildman–Crippen LogP) is 0.429. The van der Waals surface area contributed by atoms with E-state index in [0.717, 1.165) is 0 Å². The Bertz CT molecular complexity index is 379. The van der Waals surface area contributed by atoms with E-state index in [9.17, 15) is 9.90 Å². The maximum absolute atomic E-state index is 11.9. The number of hydrogen-bond donors (Lipinski definition) is 3. The zero-order valence-electron chi connectivity index (χ0n) is 9.18. The van der Waals surface area contributed by atoms with Gasteiger partial charge in [-0.25, -0.2) is 0 Å². The maximum atomic E-state index is 11.9. The minimum absolute atomic E-state index is 0.108. The number of phenols is 1. The van der Waals surface area contributed by atoms with Gasteiger partial charge in [0.25, 0.3) is 5.91 Å².